The molecule has 1 unspecified atom stereocenters. The summed E-state index contributed by atoms with van der Waals surface area (Å²) in [4.78, 5) is 13.8. The summed E-state index contributed by atoms with van der Waals surface area (Å²) < 4.78 is 5.25. The van der Waals surface area contributed by atoms with Crippen molar-refractivity contribution in [2.75, 3.05) is 32.8 Å². The van der Waals surface area contributed by atoms with E-state index in [-0.39, 0.29) is 5.91 Å². The number of carbonyl (C=O) groups is 1. The van der Waals surface area contributed by atoms with Gasteiger partial charge in [-0.15, -0.1) is 0 Å². The van der Waals surface area contributed by atoms with Crippen molar-refractivity contribution in [1.29, 1.82) is 0 Å². The number of ether oxygens (including phenoxy) is 1. The molecule has 4 heteroatoms. The molecule has 0 radical (unpaired) electrons. The van der Waals surface area contributed by atoms with Crippen molar-refractivity contribution in [2.24, 2.45) is 0 Å². The van der Waals surface area contributed by atoms with Crippen LogP contribution in [-0.4, -0.2) is 49.7 Å². The summed E-state index contributed by atoms with van der Waals surface area (Å²) in [5, 5.41) is 3.26. The number of piperidine rings is 1. The summed E-state index contributed by atoms with van der Waals surface area (Å²) in [5.74, 6) is 0.251. The maximum atomic E-state index is 11.8. The zero-order chi connectivity index (χ0) is 10.5. The predicted octanol–water partition coefficient (Wildman–Crippen LogP) is 0.377. The molecule has 2 saturated heterocycles. The number of nitrogens with one attached hydrogen (secondary N) is 1. The van der Waals surface area contributed by atoms with Gasteiger partial charge in [0.15, 0.2) is 0 Å². The lowest BCUT2D eigenvalue weighted by molar-refractivity contribution is -0.131. The highest BCUT2D eigenvalue weighted by Crippen LogP contribution is 2.08. The molecular weight excluding hydrogens is 192 g/mol. The van der Waals surface area contributed by atoms with Gasteiger partial charge in [-0.3, -0.25) is 4.79 Å². The fourth-order valence-electron chi connectivity index (χ4n) is 2.18. The second-order valence-electron chi connectivity index (χ2n) is 4.38. The molecule has 2 rings (SSSR count). The average Bonchev–Trinajstić information content (AvgIpc) is 2.80. The van der Waals surface area contributed by atoms with Gasteiger partial charge in [-0.05, 0) is 25.7 Å². The summed E-state index contributed by atoms with van der Waals surface area (Å²) in [7, 11) is 0. The van der Waals surface area contributed by atoms with Gasteiger partial charge >= 0.3 is 0 Å². The maximum Gasteiger partial charge on any atom is 0.236 e. The van der Waals surface area contributed by atoms with Crippen LogP contribution in [0, 0.1) is 0 Å². The first-order valence-electron chi connectivity index (χ1n) is 5.95. The predicted molar refractivity (Wildman–Crippen MR) is 57.7 cm³/mol. The van der Waals surface area contributed by atoms with E-state index in [1.807, 2.05) is 4.90 Å². The molecule has 0 aliphatic carbocycles. The van der Waals surface area contributed by atoms with Crippen LogP contribution in [0.5, 0.6) is 0 Å². The summed E-state index contributed by atoms with van der Waals surface area (Å²) >= 11 is 0. The van der Waals surface area contributed by atoms with Crippen molar-refractivity contribution in [3.63, 3.8) is 0 Å². The van der Waals surface area contributed by atoms with Crippen LogP contribution in [0.3, 0.4) is 0 Å². The number of amides is 1. The third kappa shape index (κ3) is 3.18. The highest BCUT2D eigenvalue weighted by atomic mass is 16.5. The van der Waals surface area contributed by atoms with Crippen LogP contribution in [0.4, 0.5) is 0 Å². The molecule has 2 heterocycles. The Morgan fingerprint density at radius 3 is 2.80 bits per heavy atom. The molecule has 1 atom stereocenters. The van der Waals surface area contributed by atoms with Gasteiger partial charge in [0.2, 0.25) is 5.91 Å². The van der Waals surface area contributed by atoms with Crippen molar-refractivity contribution in [2.45, 2.75) is 31.7 Å². The first-order valence-corrected chi connectivity index (χ1v) is 5.95. The Morgan fingerprint density at radius 1 is 1.33 bits per heavy atom. The van der Waals surface area contributed by atoms with Gasteiger partial charge in [0.05, 0.1) is 13.2 Å². The van der Waals surface area contributed by atoms with Crippen molar-refractivity contribution in [3.05, 3.63) is 0 Å². The Morgan fingerprint density at radius 2 is 2.13 bits per heavy atom. The standard InChI is InChI=1S/C11H20N2O2/c14-11(13-5-2-1-3-6-13)8-12-10-4-7-15-9-10/h10,12H,1-9H2. The van der Waals surface area contributed by atoms with E-state index in [4.69, 9.17) is 4.74 Å². The van der Waals surface area contributed by atoms with Crippen LogP contribution in [-0.2, 0) is 9.53 Å². The molecule has 4 nitrogen and oxygen atoms in total. The smallest absolute Gasteiger partial charge is 0.236 e. The summed E-state index contributed by atoms with van der Waals surface area (Å²) in [6.45, 7) is 3.96. The Bertz CT molecular complexity index is 209. The molecule has 0 spiro atoms. The summed E-state index contributed by atoms with van der Waals surface area (Å²) in [6, 6.07) is 0.388. The lowest BCUT2D eigenvalue weighted by Crippen LogP contribution is -2.43. The largest absolute Gasteiger partial charge is 0.380 e. The zero-order valence-electron chi connectivity index (χ0n) is 9.21. The first-order chi connectivity index (χ1) is 7.36. The Hall–Kier alpha value is -0.610. The second kappa shape index (κ2) is 5.47. The highest BCUT2D eigenvalue weighted by Gasteiger charge is 2.19. The number of nitrogens with zero attached hydrogens (tertiary/aromatic N) is 1. The minimum absolute atomic E-state index is 0.251. The molecule has 15 heavy (non-hydrogen) atoms. The van der Waals surface area contributed by atoms with Crippen molar-refractivity contribution in [3.8, 4) is 0 Å². The van der Waals surface area contributed by atoms with Gasteiger partial charge in [0.1, 0.15) is 0 Å². The molecule has 0 bridgehead atoms. The first kappa shape index (κ1) is 10.9. The van der Waals surface area contributed by atoms with Gasteiger partial charge in [0, 0.05) is 25.7 Å². The van der Waals surface area contributed by atoms with Crippen LogP contribution < -0.4 is 5.32 Å². The van der Waals surface area contributed by atoms with Crippen molar-refractivity contribution < 1.29 is 9.53 Å². The molecule has 1 N–H and O–H groups in total. The van der Waals surface area contributed by atoms with Crippen LogP contribution >= 0.6 is 0 Å². The van der Waals surface area contributed by atoms with E-state index in [1.165, 1.54) is 6.42 Å². The zero-order valence-corrected chi connectivity index (χ0v) is 9.21. The quantitative estimate of drug-likeness (QED) is 0.735. The maximum absolute atomic E-state index is 11.8. The number of carbonyl (C=O) groups excluding carboxylic acids is 1. The van der Waals surface area contributed by atoms with E-state index in [0.29, 0.717) is 12.6 Å². The monoisotopic (exact) mass is 212 g/mol. The third-order valence-corrected chi connectivity index (χ3v) is 3.18. The van der Waals surface area contributed by atoms with E-state index in [1.54, 1.807) is 0 Å². The average molecular weight is 212 g/mol. The van der Waals surface area contributed by atoms with Gasteiger partial charge in [0.25, 0.3) is 0 Å². The van der Waals surface area contributed by atoms with Gasteiger partial charge in [-0.1, -0.05) is 0 Å². The van der Waals surface area contributed by atoms with E-state index in [0.717, 1.165) is 45.6 Å². The molecule has 1 amide bonds. The molecule has 2 aliphatic rings. The Balaban J connectivity index is 1.66. The molecular formula is C11H20N2O2. The molecule has 86 valence electrons. The Kier molecular flexibility index (Phi) is 3.97. The van der Waals surface area contributed by atoms with Gasteiger partial charge in [-0.25, -0.2) is 0 Å². The number of likely N-dealkylation sites (tertiary alicyclic amines) is 1. The molecule has 0 aromatic heterocycles. The van der Waals surface area contributed by atoms with Gasteiger partial charge in [-0.2, -0.15) is 0 Å². The second-order valence-corrected chi connectivity index (χ2v) is 4.38. The number of rotatable bonds is 3. The molecule has 2 aliphatic heterocycles. The van der Waals surface area contributed by atoms with Crippen LogP contribution in [0.15, 0.2) is 0 Å². The molecule has 0 aromatic rings. The van der Waals surface area contributed by atoms with E-state index >= 15 is 0 Å². The number of hydrogen-bond acceptors (Lipinski definition) is 3. The topological polar surface area (TPSA) is 41.6 Å². The van der Waals surface area contributed by atoms with E-state index in [9.17, 15) is 4.79 Å². The van der Waals surface area contributed by atoms with Crippen LogP contribution in [0.25, 0.3) is 0 Å². The fourth-order valence-corrected chi connectivity index (χ4v) is 2.18. The Labute approximate surface area is 91.0 Å². The minimum Gasteiger partial charge on any atom is -0.380 e. The SMILES string of the molecule is O=C(CNC1CCOC1)N1CCCCC1. The van der Waals surface area contributed by atoms with Crippen molar-refractivity contribution in [1.82, 2.24) is 10.2 Å². The number of hydrogen-bond donors (Lipinski definition) is 1. The van der Waals surface area contributed by atoms with Crippen LogP contribution in [0.1, 0.15) is 25.7 Å². The van der Waals surface area contributed by atoms with E-state index in [2.05, 4.69) is 5.32 Å². The van der Waals surface area contributed by atoms with Crippen LogP contribution in [0.2, 0.25) is 0 Å². The minimum atomic E-state index is 0.251. The molecule has 0 aromatic carbocycles. The highest BCUT2D eigenvalue weighted by molar-refractivity contribution is 5.78. The summed E-state index contributed by atoms with van der Waals surface area (Å²) in [6.07, 6.45) is 4.64. The molecule has 0 saturated carbocycles. The normalized spacial score (nSPS) is 26.9. The summed E-state index contributed by atoms with van der Waals surface area (Å²) in [5.41, 5.74) is 0. The lowest BCUT2D eigenvalue weighted by Gasteiger charge is -2.27. The van der Waals surface area contributed by atoms with Gasteiger partial charge < -0.3 is 15.0 Å². The van der Waals surface area contributed by atoms with E-state index < -0.39 is 0 Å². The fraction of sp³-hybridized carbons (Fsp3) is 0.909. The molecule has 2 fully saturated rings. The van der Waals surface area contributed by atoms with Crippen molar-refractivity contribution >= 4 is 5.91 Å². The third-order valence-electron chi connectivity index (χ3n) is 3.18. The lowest BCUT2D eigenvalue weighted by atomic mass is 10.1.